The molecule has 0 saturated heterocycles. The molecule has 0 aliphatic rings. The molecule has 3 atom stereocenters. The lowest BCUT2D eigenvalue weighted by atomic mass is 9.92. The van der Waals surface area contributed by atoms with Gasteiger partial charge in [0.05, 0.1) is 52.5 Å². The zero-order valence-electron chi connectivity index (χ0n) is 49.4. The van der Waals surface area contributed by atoms with E-state index < -0.39 is 0 Å². The van der Waals surface area contributed by atoms with Crippen molar-refractivity contribution in [2.45, 2.75) is 77.4 Å². The molecule has 0 aliphatic carbocycles. The van der Waals surface area contributed by atoms with Crippen molar-refractivity contribution in [2.75, 3.05) is 13.2 Å². The molecule has 0 fully saturated rings. The van der Waals surface area contributed by atoms with Crippen LogP contribution in [0.15, 0.2) is 197 Å². The number of aliphatic hydroxyl groups excluding tert-OH is 2. The molecule has 12 rings (SSSR count). The predicted molar refractivity (Wildman–Crippen MR) is 342 cm³/mol. The molecule has 90 heavy (non-hydrogen) atoms. The third kappa shape index (κ3) is 13.4. The Balaban J connectivity index is 0.000000148. The SMILES string of the molecule is C[C@@H](CC(=O)c1ccc2c3ccncc3c(=O)n(CC=O)c2c1)c1ccc(F)cc1.C[C@@H](CC(=O)c1ccc2c3ccncc3c(=O)n(CCO)c2c1)c1ccc(F)cc1.C[C@@H](CC(=O)c1ccc2c3ccncc3c(=O)n(CCO)c2c1)c1ccc(F)cc1. The van der Waals surface area contributed by atoms with Crippen LogP contribution in [0.4, 0.5) is 13.2 Å². The Bertz CT molecular complexity index is 4690. The number of aldehydes is 1. The number of pyridine rings is 6. The third-order valence-corrected chi connectivity index (χ3v) is 16.3. The van der Waals surface area contributed by atoms with E-state index in [1.807, 2.05) is 32.9 Å². The first-order valence-corrected chi connectivity index (χ1v) is 29.2. The Kier molecular flexibility index (Phi) is 19.3. The van der Waals surface area contributed by atoms with Crippen molar-refractivity contribution in [1.29, 1.82) is 0 Å². The van der Waals surface area contributed by atoms with Crippen molar-refractivity contribution >= 4 is 88.7 Å². The van der Waals surface area contributed by atoms with Gasteiger partial charge < -0.3 is 28.7 Å². The number of benzene rings is 6. The normalized spacial score (nSPS) is 12.3. The van der Waals surface area contributed by atoms with Crippen LogP contribution in [-0.2, 0) is 24.4 Å². The van der Waals surface area contributed by atoms with Gasteiger partial charge in [-0.2, -0.15) is 0 Å². The monoisotopic (exact) mass is 1210 g/mol. The molecule has 2 N–H and O–H groups in total. The second kappa shape index (κ2) is 27.7. The van der Waals surface area contributed by atoms with Crippen molar-refractivity contribution in [3.63, 3.8) is 0 Å². The van der Waals surface area contributed by atoms with E-state index in [-0.39, 0.29) is 121 Å². The van der Waals surface area contributed by atoms with E-state index in [0.29, 0.717) is 55.7 Å². The van der Waals surface area contributed by atoms with Crippen molar-refractivity contribution in [2.24, 2.45) is 0 Å². The average molecular weight is 1210 g/mol. The van der Waals surface area contributed by atoms with E-state index in [9.17, 15) is 56.9 Å². The summed E-state index contributed by atoms with van der Waals surface area (Å²) in [6.45, 7) is 5.52. The maximum Gasteiger partial charge on any atom is 0.260 e. The van der Waals surface area contributed by atoms with Crippen LogP contribution in [0.3, 0.4) is 0 Å². The molecule has 6 heterocycles. The van der Waals surface area contributed by atoms with E-state index in [1.54, 1.807) is 116 Å². The van der Waals surface area contributed by atoms with E-state index >= 15 is 0 Å². The highest BCUT2D eigenvalue weighted by Crippen LogP contribution is 2.31. The number of aromatic nitrogens is 6. The van der Waals surface area contributed by atoms with Gasteiger partial charge in [-0.1, -0.05) is 93.6 Å². The molecule has 0 bridgehead atoms. The summed E-state index contributed by atoms with van der Waals surface area (Å²) in [5.74, 6) is -1.39. The van der Waals surface area contributed by atoms with Crippen LogP contribution >= 0.6 is 0 Å². The minimum Gasteiger partial charge on any atom is -0.395 e. The minimum absolute atomic E-state index is 0.0634. The second-order valence-electron chi connectivity index (χ2n) is 22.1. The van der Waals surface area contributed by atoms with Gasteiger partial charge in [-0.3, -0.25) is 43.7 Å². The zero-order chi connectivity index (χ0) is 63.8. The quantitative estimate of drug-likeness (QED) is 0.0466. The first kappa shape index (κ1) is 62.6. The molecule has 6 aromatic heterocycles. The summed E-state index contributed by atoms with van der Waals surface area (Å²) in [5, 5.41) is 24.9. The Hall–Kier alpha value is -10.4. The second-order valence-corrected chi connectivity index (χ2v) is 22.1. The molecular weight excluding hydrogens is 1150 g/mol. The van der Waals surface area contributed by atoms with E-state index in [2.05, 4.69) is 15.0 Å². The topological polar surface area (TPSA) is 213 Å². The number of halogens is 3. The molecule has 18 heteroatoms. The first-order valence-electron chi connectivity index (χ1n) is 29.2. The number of hydrogen-bond acceptors (Lipinski definition) is 12. The van der Waals surface area contributed by atoms with E-state index in [4.69, 9.17) is 0 Å². The van der Waals surface area contributed by atoms with Crippen LogP contribution in [0.1, 0.15) is 106 Å². The van der Waals surface area contributed by atoms with Gasteiger partial charge in [0.1, 0.15) is 23.7 Å². The molecule has 0 aliphatic heterocycles. The van der Waals surface area contributed by atoms with Crippen LogP contribution in [0.25, 0.3) is 65.0 Å². The molecule has 0 unspecified atom stereocenters. The maximum absolute atomic E-state index is 13.2. The van der Waals surface area contributed by atoms with Gasteiger partial charge in [-0.25, -0.2) is 13.2 Å². The fourth-order valence-corrected chi connectivity index (χ4v) is 11.4. The van der Waals surface area contributed by atoms with Crippen LogP contribution in [0.2, 0.25) is 0 Å². The summed E-state index contributed by atoms with van der Waals surface area (Å²) in [5.41, 5.74) is 5.04. The lowest BCUT2D eigenvalue weighted by Gasteiger charge is -2.14. The summed E-state index contributed by atoms with van der Waals surface area (Å²) < 4.78 is 43.8. The Morgan fingerprint density at radius 3 is 0.989 bits per heavy atom. The van der Waals surface area contributed by atoms with Crippen molar-refractivity contribution in [3.8, 4) is 0 Å². The highest BCUT2D eigenvalue weighted by atomic mass is 19.1. The van der Waals surface area contributed by atoms with Gasteiger partial charge >= 0.3 is 0 Å². The molecule has 15 nitrogen and oxygen atoms in total. The van der Waals surface area contributed by atoms with Crippen LogP contribution < -0.4 is 16.7 Å². The number of aliphatic hydroxyl groups is 2. The molecule has 12 aromatic rings. The Morgan fingerprint density at radius 1 is 0.411 bits per heavy atom. The molecule has 0 amide bonds. The summed E-state index contributed by atoms with van der Waals surface area (Å²) in [6, 6.07) is 39.5. The third-order valence-electron chi connectivity index (χ3n) is 16.3. The number of Topliss-reactive ketones (excluding diaryl/α,β-unsaturated/α-hetero) is 3. The highest BCUT2D eigenvalue weighted by molar-refractivity contribution is 6.11. The summed E-state index contributed by atoms with van der Waals surface area (Å²) in [6.07, 6.45) is 10.8. The summed E-state index contributed by atoms with van der Waals surface area (Å²) in [4.78, 5) is 101. The number of nitrogens with zero attached hydrogens (tertiary/aromatic N) is 6. The van der Waals surface area contributed by atoms with Gasteiger partial charge in [-0.15, -0.1) is 0 Å². The number of carbonyl (C=O) groups excluding carboxylic acids is 4. The molecule has 0 radical (unpaired) electrons. The number of fused-ring (bicyclic) bond motifs is 9. The van der Waals surface area contributed by atoms with Crippen LogP contribution in [0.5, 0.6) is 0 Å². The van der Waals surface area contributed by atoms with Crippen LogP contribution in [-0.4, -0.2) is 75.7 Å². The van der Waals surface area contributed by atoms with Gasteiger partial charge in [0.25, 0.3) is 16.7 Å². The molecule has 454 valence electrons. The minimum atomic E-state index is -0.318. The number of hydrogen-bond donors (Lipinski definition) is 2. The predicted octanol–water partition coefficient (Wildman–Crippen LogP) is 12.4. The standard InChI is InChI=1S/2C24H21FN2O3.C24H19FN2O3/c3*1-15(16-2-5-18(25)6-3-16)12-23(29)17-4-7-20-19-8-9-26-14-21(19)24(30)27(10-11-28)22(20)13-17/h2*2-9,13-15,28H,10-12H2,1H3;2-9,11,13-15H,10,12H2,1H3/t3*15-/m000/s1. The molecule has 0 spiro atoms. The Morgan fingerprint density at radius 2 is 0.700 bits per heavy atom. The van der Waals surface area contributed by atoms with Crippen LogP contribution in [0, 0.1) is 17.5 Å². The smallest absolute Gasteiger partial charge is 0.260 e. The van der Waals surface area contributed by atoms with Gasteiger partial charge in [-0.05, 0) is 123 Å². The maximum atomic E-state index is 13.2. The number of rotatable bonds is 18. The fourth-order valence-electron chi connectivity index (χ4n) is 11.4. The lowest BCUT2D eigenvalue weighted by Crippen LogP contribution is -2.23. The van der Waals surface area contributed by atoms with Crippen molar-refractivity contribution in [3.05, 3.63) is 265 Å². The fraction of sp³-hybridized carbons (Fsp3) is 0.194. The molecular formula is C72H61F3N6O9. The summed E-state index contributed by atoms with van der Waals surface area (Å²) >= 11 is 0. The van der Waals surface area contributed by atoms with Crippen molar-refractivity contribution in [1.82, 2.24) is 28.7 Å². The van der Waals surface area contributed by atoms with Gasteiger partial charge in [0.15, 0.2) is 17.3 Å². The van der Waals surface area contributed by atoms with E-state index in [0.717, 1.165) is 49.0 Å². The Labute approximate surface area is 513 Å². The summed E-state index contributed by atoms with van der Waals surface area (Å²) in [7, 11) is 0. The van der Waals surface area contributed by atoms with Crippen molar-refractivity contribution < 1.29 is 42.6 Å². The molecule has 0 saturated carbocycles. The largest absolute Gasteiger partial charge is 0.395 e. The number of ketones is 3. The zero-order valence-corrected chi connectivity index (χ0v) is 49.4. The number of carbonyl (C=O) groups is 4. The highest BCUT2D eigenvalue weighted by Gasteiger charge is 2.21. The van der Waals surface area contributed by atoms with Gasteiger partial charge in [0.2, 0.25) is 0 Å². The first-order chi connectivity index (χ1) is 43.5. The molecule has 6 aromatic carbocycles. The van der Waals surface area contributed by atoms with E-state index in [1.165, 1.54) is 68.7 Å². The van der Waals surface area contributed by atoms with Gasteiger partial charge in [0, 0.05) is 102 Å². The average Bonchev–Trinajstić information content (AvgIpc) is 0.810. The lowest BCUT2D eigenvalue weighted by molar-refractivity contribution is -0.108.